The lowest BCUT2D eigenvalue weighted by Crippen LogP contribution is -2.64. The number of carbonyl (C=O) groups is 5. The number of halogens is 1. The van der Waals surface area contributed by atoms with Gasteiger partial charge in [0.15, 0.2) is 11.3 Å². The summed E-state index contributed by atoms with van der Waals surface area (Å²) in [5, 5.41) is 9.50. The molecular formula is C40H42FN9O6. The lowest BCUT2D eigenvalue weighted by atomic mass is 9.92. The van der Waals surface area contributed by atoms with Crippen LogP contribution < -0.4 is 20.3 Å². The summed E-state index contributed by atoms with van der Waals surface area (Å²) >= 11 is 0. The molecule has 2 aromatic carbocycles. The molecule has 0 aliphatic carbocycles. The Hall–Kier alpha value is -5.90. The first kappa shape index (κ1) is 35.8. The Bertz CT molecular complexity index is 2300. The number of aromatic nitrogens is 3. The maximum Gasteiger partial charge on any atom is 0.261 e. The Morgan fingerprint density at radius 1 is 1.00 bits per heavy atom. The van der Waals surface area contributed by atoms with E-state index in [0.29, 0.717) is 72.7 Å². The van der Waals surface area contributed by atoms with Gasteiger partial charge in [-0.25, -0.2) is 13.9 Å². The zero-order valence-corrected chi connectivity index (χ0v) is 31.2. The number of anilines is 2. The third kappa shape index (κ3) is 6.40. The van der Waals surface area contributed by atoms with Crippen LogP contribution in [0.5, 0.6) is 5.75 Å². The molecule has 15 nitrogen and oxygen atoms in total. The Labute approximate surface area is 321 Å². The predicted octanol–water partition coefficient (Wildman–Crippen LogP) is 3.18. The van der Waals surface area contributed by atoms with Gasteiger partial charge >= 0.3 is 0 Å². The molecule has 3 saturated heterocycles. The third-order valence-corrected chi connectivity index (χ3v) is 11.5. The van der Waals surface area contributed by atoms with Crippen molar-refractivity contribution in [3.8, 4) is 5.75 Å². The molecule has 0 bridgehead atoms. The van der Waals surface area contributed by atoms with Gasteiger partial charge in [0, 0.05) is 74.4 Å². The van der Waals surface area contributed by atoms with Crippen molar-refractivity contribution in [1.82, 2.24) is 34.6 Å². The molecule has 0 spiro atoms. The molecule has 1 unspecified atom stereocenters. The van der Waals surface area contributed by atoms with Crippen LogP contribution in [0.3, 0.4) is 0 Å². The monoisotopic (exact) mass is 763 g/mol. The number of amides is 5. The summed E-state index contributed by atoms with van der Waals surface area (Å²) in [6.45, 7) is 6.50. The number of nitrogens with zero attached hydrogens (tertiary/aromatic N) is 7. The Morgan fingerprint density at radius 2 is 1.75 bits per heavy atom. The molecule has 290 valence electrons. The number of benzene rings is 2. The molecule has 0 radical (unpaired) electrons. The molecule has 5 aliphatic rings. The highest BCUT2D eigenvalue weighted by Gasteiger charge is 2.47. The van der Waals surface area contributed by atoms with Crippen molar-refractivity contribution < 1.29 is 33.1 Å². The Morgan fingerprint density at radius 3 is 2.52 bits per heavy atom. The number of likely N-dealkylation sites (tertiary alicyclic amines) is 1. The molecule has 0 saturated carbocycles. The van der Waals surface area contributed by atoms with Crippen LogP contribution in [-0.4, -0.2) is 115 Å². The van der Waals surface area contributed by atoms with Gasteiger partial charge in [0.25, 0.3) is 17.7 Å². The smallest absolute Gasteiger partial charge is 0.261 e. The van der Waals surface area contributed by atoms with Gasteiger partial charge in [-0.1, -0.05) is 0 Å². The van der Waals surface area contributed by atoms with E-state index in [0.717, 1.165) is 16.8 Å². The van der Waals surface area contributed by atoms with Crippen LogP contribution >= 0.6 is 0 Å². The zero-order chi connectivity index (χ0) is 38.9. The SMILES string of the molecule is CC(C)Oc1cc2c(cc1NC(=O)c1cnn3cccnc13)CN(C1CCN(CC3(F)CN(c4ccc5c(c4)CN(C4CCC(=O)NC4=O)C5=O)C3)CC1)C2=O. The number of hydrogen-bond donors (Lipinski definition) is 2. The van der Waals surface area contributed by atoms with Gasteiger partial charge in [0.05, 0.1) is 31.1 Å². The van der Waals surface area contributed by atoms with E-state index in [1.165, 1.54) is 15.6 Å². The quantitative estimate of drug-likeness (QED) is 0.243. The Kier molecular flexibility index (Phi) is 8.75. The van der Waals surface area contributed by atoms with Crippen LogP contribution in [0, 0.1) is 0 Å². The van der Waals surface area contributed by atoms with Crippen LogP contribution in [-0.2, 0) is 22.7 Å². The topological polar surface area (TPSA) is 162 Å². The minimum absolute atomic E-state index is 0.00849. The standard InChI is InChI=1S/C40H42FN9O6/c1-23(2)56-33-16-29-25(15-31(33)44-36(52)30-17-43-50-11-3-10-42-35(30)50)18-48(39(29)55)26-8-12-46(13-9-26)20-40(41)21-47(22-40)27-4-5-28-24(14-27)19-49(38(28)54)32-6-7-34(51)45-37(32)53/h3-5,10-11,14-17,23,26,32H,6-9,12-13,18-22H2,1-2H3,(H,44,52)(H,45,51,53). The van der Waals surface area contributed by atoms with Gasteiger partial charge in [-0.2, -0.15) is 5.10 Å². The van der Waals surface area contributed by atoms with E-state index >= 15 is 4.39 Å². The molecule has 2 aromatic heterocycles. The average molecular weight is 764 g/mol. The van der Waals surface area contributed by atoms with E-state index in [-0.39, 0.29) is 68.4 Å². The number of imide groups is 1. The molecule has 3 fully saturated rings. The van der Waals surface area contributed by atoms with Gasteiger partial charge in [0.2, 0.25) is 11.8 Å². The van der Waals surface area contributed by atoms with Crippen LogP contribution in [0.25, 0.3) is 5.65 Å². The maximum atomic E-state index is 16.1. The van der Waals surface area contributed by atoms with Crippen LogP contribution in [0.2, 0.25) is 0 Å². The second-order valence-corrected chi connectivity index (χ2v) is 15.8. The van der Waals surface area contributed by atoms with Crippen LogP contribution in [0.15, 0.2) is 55.0 Å². The van der Waals surface area contributed by atoms with E-state index < -0.39 is 17.6 Å². The summed E-state index contributed by atoms with van der Waals surface area (Å²) in [4.78, 5) is 76.1. The largest absolute Gasteiger partial charge is 0.489 e. The van der Waals surface area contributed by atoms with E-state index in [1.807, 2.05) is 41.8 Å². The van der Waals surface area contributed by atoms with Gasteiger partial charge in [-0.05, 0) is 80.6 Å². The maximum absolute atomic E-state index is 16.1. The fraction of sp³-hybridized carbons (Fsp3) is 0.425. The summed E-state index contributed by atoms with van der Waals surface area (Å²) in [6.07, 6.45) is 6.50. The molecule has 5 amide bonds. The van der Waals surface area contributed by atoms with E-state index in [1.54, 1.807) is 30.6 Å². The first-order chi connectivity index (χ1) is 26.9. The summed E-state index contributed by atoms with van der Waals surface area (Å²) in [7, 11) is 0. The lowest BCUT2D eigenvalue weighted by Gasteiger charge is -2.49. The summed E-state index contributed by atoms with van der Waals surface area (Å²) in [5.41, 5.74) is 3.32. The molecule has 7 heterocycles. The van der Waals surface area contributed by atoms with Crippen LogP contribution in [0.1, 0.15) is 81.7 Å². The van der Waals surface area contributed by atoms with Crippen LogP contribution in [0.4, 0.5) is 15.8 Å². The van der Waals surface area contributed by atoms with Crippen molar-refractivity contribution in [2.24, 2.45) is 0 Å². The van der Waals surface area contributed by atoms with Crippen molar-refractivity contribution in [3.05, 3.63) is 82.8 Å². The molecule has 1 atom stereocenters. The number of nitrogens with one attached hydrogen (secondary N) is 2. The summed E-state index contributed by atoms with van der Waals surface area (Å²) in [5.74, 6) is -1.06. The first-order valence-electron chi connectivity index (χ1n) is 19.1. The number of alkyl halides is 1. The Balaban J connectivity index is 0.801. The third-order valence-electron chi connectivity index (χ3n) is 11.5. The number of hydrogen-bond acceptors (Lipinski definition) is 10. The molecule has 4 aromatic rings. The van der Waals surface area contributed by atoms with Crippen molar-refractivity contribution in [2.75, 3.05) is 42.9 Å². The molecule has 56 heavy (non-hydrogen) atoms. The minimum atomic E-state index is -1.40. The number of rotatable bonds is 9. The fourth-order valence-electron chi connectivity index (χ4n) is 8.75. The van der Waals surface area contributed by atoms with Gasteiger partial charge in [-0.3, -0.25) is 34.2 Å². The number of ether oxygens (including phenoxy) is 1. The molecule has 9 rings (SSSR count). The van der Waals surface area contributed by atoms with Crippen molar-refractivity contribution in [3.63, 3.8) is 0 Å². The molecule has 2 N–H and O–H groups in total. The predicted molar refractivity (Wildman–Crippen MR) is 201 cm³/mol. The van der Waals surface area contributed by atoms with E-state index in [4.69, 9.17) is 4.74 Å². The first-order valence-corrected chi connectivity index (χ1v) is 19.1. The normalized spacial score (nSPS) is 21.1. The summed E-state index contributed by atoms with van der Waals surface area (Å²) < 4.78 is 23.7. The second kappa shape index (κ2) is 13.7. The highest BCUT2D eigenvalue weighted by molar-refractivity contribution is 6.09. The number of piperidine rings is 2. The summed E-state index contributed by atoms with van der Waals surface area (Å²) in [6, 6.07) is 10.1. The second-order valence-electron chi connectivity index (χ2n) is 15.8. The molecule has 16 heteroatoms. The van der Waals surface area contributed by atoms with Crippen molar-refractivity contribution in [1.29, 1.82) is 0 Å². The van der Waals surface area contributed by atoms with Crippen molar-refractivity contribution in [2.45, 2.75) is 76.5 Å². The minimum Gasteiger partial charge on any atom is -0.489 e. The van der Waals surface area contributed by atoms with Gasteiger partial charge < -0.3 is 24.8 Å². The molecule has 5 aliphatic heterocycles. The number of carbonyl (C=O) groups excluding carboxylic acids is 5. The average Bonchev–Trinajstić information content (AvgIpc) is 3.83. The molecular weight excluding hydrogens is 721 g/mol. The highest BCUT2D eigenvalue weighted by atomic mass is 19.1. The van der Waals surface area contributed by atoms with Gasteiger partial charge in [0.1, 0.15) is 17.4 Å². The number of fused-ring (bicyclic) bond motifs is 3. The lowest BCUT2D eigenvalue weighted by molar-refractivity contribution is -0.136. The zero-order valence-electron chi connectivity index (χ0n) is 31.2. The van der Waals surface area contributed by atoms with Gasteiger partial charge in [-0.15, -0.1) is 0 Å². The van der Waals surface area contributed by atoms with Crippen molar-refractivity contribution >= 4 is 46.6 Å². The van der Waals surface area contributed by atoms with E-state index in [9.17, 15) is 24.0 Å². The van der Waals surface area contributed by atoms with E-state index in [2.05, 4.69) is 25.6 Å². The fourth-order valence-corrected chi connectivity index (χ4v) is 8.75. The highest BCUT2D eigenvalue weighted by Crippen LogP contribution is 2.39.